The highest BCUT2D eigenvalue weighted by Crippen LogP contribution is 2.29. The van der Waals surface area contributed by atoms with Crippen LogP contribution < -0.4 is 10.9 Å². The molecule has 1 aliphatic heterocycles. The zero-order valence-corrected chi connectivity index (χ0v) is 14.8. The molecule has 3 heterocycles. The Morgan fingerprint density at radius 1 is 1.31 bits per heavy atom. The van der Waals surface area contributed by atoms with Crippen molar-refractivity contribution in [3.63, 3.8) is 0 Å². The molecule has 0 unspecified atom stereocenters. The predicted molar refractivity (Wildman–Crippen MR) is 95.9 cm³/mol. The van der Waals surface area contributed by atoms with Crippen LogP contribution in [-0.4, -0.2) is 15.5 Å². The number of rotatable bonds is 2. The van der Waals surface area contributed by atoms with Crippen LogP contribution in [0.1, 0.15) is 33.9 Å². The van der Waals surface area contributed by atoms with E-state index in [0.717, 1.165) is 54.6 Å². The number of halogens is 2. The largest absolute Gasteiger partial charge is 0.319 e. The maximum absolute atomic E-state index is 13.8. The van der Waals surface area contributed by atoms with Crippen LogP contribution in [0, 0.1) is 18.6 Å². The molecule has 8 heteroatoms. The third-order valence-corrected chi connectivity index (χ3v) is 5.73. The van der Waals surface area contributed by atoms with E-state index in [-0.39, 0.29) is 16.1 Å². The zero-order chi connectivity index (χ0) is 18.4. The number of anilines is 1. The Bertz CT molecular complexity index is 1100. The molecule has 5 nitrogen and oxygen atoms in total. The fourth-order valence-electron chi connectivity index (χ4n) is 3.22. The van der Waals surface area contributed by atoms with E-state index in [1.807, 2.05) is 0 Å². The van der Waals surface area contributed by atoms with E-state index in [2.05, 4.69) is 10.3 Å². The second-order valence-electron chi connectivity index (χ2n) is 6.26. The smallest absolute Gasteiger partial charge is 0.266 e. The van der Waals surface area contributed by atoms with Crippen molar-refractivity contribution in [3.8, 4) is 0 Å². The third-order valence-electron chi connectivity index (χ3n) is 4.54. The van der Waals surface area contributed by atoms with Gasteiger partial charge in [-0.2, -0.15) is 0 Å². The number of thiophene rings is 1. The molecule has 0 saturated heterocycles. The van der Waals surface area contributed by atoms with Crippen molar-refractivity contribution in [3.05, 3.63) is 56.5 Å². The van der Waals surface area contributed by atoms with Gasteiger partial charge in [0.2, 0.25) is 0 Å². The highest BCUT2D eigenvalue weighted by molar-refractivity contribution is 7.20. The van der Waals surface area contributed by atoms with Crippen molar-refractivity contribution in [2.45, 2.75) is 32.7 Å². The third kappa shape index (κ3) is 2.70. The van der Waals surface area contributed by atoms with Gasteiger partial charge in [0.05, 0.1) is 16.0 Å². The monoisotopic (exact) mass is 375 g/mol. The summed E-state index contributed by atoms with van der Waals surface area (Å²) in [6.45, 7) is 2.30. The Labute approximate surface area is 151 Å². The van der Waals surface area contributed by atoms with Crippen LogP contribution in [0.15, 0.2) is 23.0 Å². The van der Waals surface area contributed by atoms with Gasteiger partial charge in [0.1, 0.15) is 22.3 Å². The molecule has 1 aromatic carbocycles. The van der Waals surface area contributed by atoms with Crippen LogP contribution in [0.25, 0.3) is 10.2 Å². The maximum atomic E-state index is 13.8. The van der Waals surface area contributed by atoms with Crippen molar-refractivity contribution >= 4 is 33.1 Å². The molecule has 0 atom stereocenters. The lowest BCUT2D eigenvalue weighted by molar-refractivity contribution is 0.102. The van der Waals surface area contributed by atoms with Crippen molar-refractivity contribution in [2.75, 3.05) is 5.32 Å². The molecular weight excluding hydrogens is 360 g/mol. The van der Waals surface area contributed by atoms with Gasteiger partial charge in [0.15, 0.2) is 0 Å². The molecule has 0 bridgehead atoms. The molecule has 0 spiro atoms. The number of carbonyl (C=O) groups excluding carboxylic acids is 1. The number of amides is 1. The Hall–Kier alpha value is -2.61. The van der Waals surface area contributed by atoms with Gasteiger partial charge >= 0.3 is 0 Å². The molecule has 4 rings (SSSR count). The van der Waals surface area contributed by atoms with Crippen molar-refractivity contribution in [2.24, 2.45) is 0 Å². The standard InChI is InChI=1S/C18H15F2N3O2S/c1-9-14-17(22-13-4-2-3-7-23(13)18(14)25)26-15(9)16(24)21-12-8-10(19)5-6-11(12)20/h5-6,8H,2-4,7H2,1H3,(H,21,24). The molecule has 0 fully saturated rings. The van der Waals surface area contributed by atoms with Crippen LogP contribution in [0.5, 0.6) is 0 Å². The van der Waals surface area contributed by atoms with E-state index >= 15 is 0 Å². The van der Waals surface area contributed by atoms with E-state index in [1.54, 1.807) is 11.5 Å². The number of hydrogen-bond acceptors (Lipinski definition) is 4. The number of aryl methyl sites for hydroxylation is 2. The van der Waals surface area contributed by atoms with Gasteiger partial charge in [0, 0.05) is 19.0 Å². The van der Waals surface area contributed by atoms with E-state index in [1.165, 1.54) is 0 Å². The first kappa shape index (κ1) is 16.8. The molecule has 2 aromatic heterocycles. The molecule has 0 aliphatic carbocycles. The SMILES string of the molecule is Cc1c(C(=O)Nc2cc(F)ccc2F)sc2nc3n(c(=O)c12)CCCC3. The number of aromatic nitrogens is 2. The first-order valence-corrected chi connectivity index (χ1v) is 9.06. The lowest BCUT2D eigenvalue weighted by atomic mass is 10.1. The lowest BCUT2D eigenvalue weighted by Gasteiger charge is -2.16. The summed E-state index contributed by atoms with van der Waals surface area (Å²) in [7, 11) is 0. The van der Waals surface area contributed by atoms with E-state index in [0.29, 0.717) is 22.3 Å². The van der Waals surface area contributed by atoms with E-state index in [9.17, 15) is 18.4 Å². The van der Waals surface area contributed by atoms with Gasteiger partial charge in [-0.15, -0.1) is 11.3 Å². The summed E-state index contributed by atoms with van der Waals surface area (Å²) in [5, 5.41) is 2.80. The van der Waals surface area contributed by atoms with Crippen LogP contribution >= 0.6 is 11.3 Å². The first-order valence-electron chi connectivity index (χ1n) is 8.25. The summed E-state index contributed by atoms with van der Waals surface area (Å²) >= 11 is 1.10. The quantitative estimate of drug-likeness (QED) is 0.744. The van der Waals surface area contributed by atoms with Gasteiger partial charge in [-0.25, -0.2) is 13.8 Å². The van der Waals surface area contributed by atoms with Crippen molar-refractivity contribution in [1.29, 1.82) is 0 Å². The summed E-state index contributed by atoms with van der Waals surface area (Å²) in [5.74, 6) is -1.23. The predicted octanol–water partition coefficient (Wildman–Crippen LogP) is 3.63. The Morgan fingerprint density at radius 2 is 2.12 bits per heavy atom. The second kappa shape index (κ2) is 6.28. The van der Waals surface area contributed by atoms with Gasteiger partial charge < -0.3 is 5.32 Å². The normalized spacial score (nSPS) is 13.7. The Kier molecular flexibility index (Phi) is 4.07. The molecule has 26 heavy (non-hydrogen) atoms. The minimum atomic E-state index is -0.729. The summed E-state index contributed by atoms with van der Waals surface area (Å²) in [5.41, 5.74) is 0.128. The Morgan fingerprint density at radius 3 is 2.92 bits per heavy atom. The van der Waals surface area contributed by atoms with Crippen LogP contribution in [0.3, 0.4) is 0 Å². The fraction of sp³-hybridized carbons (Fsp3) is 0.278. The summed E-state index contributed by atoms with van der Waals surface area (Å²) in [6, 6.07) is 2.84. The molecule has 0 radical (unpaired) electrons. The number of nitrogens with zero attached hydrogens (tertiary/aromatic N) is 2. The molecule has 0 saturated carbocycles. The van der Waals surface area contributed by atoms with Gasteiger partial charge in [-0.3, -0.25) is 14.2 Å². The van der Waals surface area contributed by atoms with Crippen LogP contribution in [0.4, 0.5) is 14.5 Å². The molecular formula is C18H15F2N3O2S. The second-order valence-corrected chi connectivity index (χ2v) is 7.26. The average Bonchev–Trinajstić information content (AvgIpc) is 2.95. The molecule has 1 aliphatic rings. The zero-order valence-electron chi connectivity index (χ0n) is 13.9. The topological polar surface area (TPSA) is 64.0 Å². The highest BCUT2D eigenvalue weighted by atomic mass is 32.1. The van der Waals surface area contributed by atoms with Gasteiger partial charge in [-0.1, -0.05) is 0 Å². The minimum absolute atomic E-state index is 0.144. The number of carbonyl (C=O) groups is 1. The lowest BCUT2D eigenvalue weighted by Crippen LogP contribution is -2.28. The molecule has 134 valence electrons. The summed E-state index contributed by atoms with van der Waals surface area (Å²) in [6.07, 6.45) is 2.64. The highest BCUT2D eigenvalue weighted by Gasteiger charge is 2.23. The molecule has 1 amide bonds. The van der Waals surface area contributed by atoms with E-state index < -0.39 is 17.5 Å². The van der Waals surface area contributed by atoms with Crippen molar-refractivity contribution in [1.82, 2.24) is 9.55 Å². The number of nitrogens with one attached hydrogen (secondary N) is 1. The number of fused-ring (bicyclic) bond motifs is 2. The number of hydrogen-bond donors (Lipinski definition) is 1. The maximum Gasteiger partial charge on any atom is 0.266 e. The van der Waals surface area contributed by atoms with E-state index in [4.69, 9.17) is 0 Å². The fourth-order valence-corrected chi connectivity index (χ4v) is 4.31. The Balaban J connectivity index is 1.78. The average molecular weight is 375 g/mol. The molecule has 3 aromatic rings. The first-order chi connectivity index (χ1) is 12.5. The summed E-state index contributed by atoms with van der Waals surface area (Å²) in [4.78, 5) is 30.7. The minimum Gasteiger partial charge on any atom is -0.319 e. The van der Waals surface area contributed by atoms with Gasteiger partial charge in [-0.05, 0) is 37.5 Å². The van der Waals surface area contributed by atoms with Crippen molar-refractivity contribution < 1.29 is 13.6 Å². The van der Waals surface area contributed by atoms with Gasteiger partial charge in [0.25, 0.3) is 11.5 Å². The number of benzene rings is 1. The summed E-state index contributed by atoms with van der Waals surface area (Å²) < 4.78 is 28.7. The molecule has 1 N–H and O–H groups in total. The van der Waals surface area contributed by atoms with Crippen LogP contribution in [0.2, 0.25) is 0 Å². The van der Waals surface area contributed by atoms with Crippen LogP contribution in [-0.2, 0) is 13.0 Å².